The smallest absolute Gasteiger partial charge is 0.191 e. The third kappa shape index (κ3) is 4.40. The summed E-state index contributed by atoms with van der Waals surface area (Å²) in [6.45, 7) is 2.84. The molecule has 4 unspecified atom stereocenters. The van der Waals surface area contributed by atoms with E-state index in [1.165, 1.54) is 17.5 Å². The summed E-state index contributed by atoms with van der Waals surface area (Å²) < 4.78 is 23.3. The SMILES string of the molecule is CC1CC1NC(=NCC1CCS(=O)(=O)C1)NC1CCc2ccccc2C1. The maximum absolute atomic E-state index is 11.7. The molecule has 4 atom stereocenters. The first-order valence-corrected chi connectivity index (χ1v) is 11.7. The number of nitrogens with zero attached hydrogens (tertiary/aromatic N) is 1. The summed E-state index contributed by atoms with van der Waals surface area (Å²) in [5, 5.41) is 7.17. The van der Waals surface area contributed by atoms with Crippen LogP contribution in [0, 0.1) is 11.8 Å². The maximum Gasteiger partial charge on any atom is 0.191 e. The molecule has 0 aromatic heterocycles. The Hall–Kier alpha value is -1.56. The molecule has 26 heavy (non-hydrogen) atoms. The van der Waals surface area contributed by atoms with E-state index in [2.05, 4.69) is 41.8 Å². The molecule has 142 valence electrons. The van der Waals surface area contributed by atoms with E-state index in [9.17, 15) is 8.42 Å². The summed E-state index contributed by atoms with van der Waals surface area (Å²) in [4.78, 5) is 4.77. The van der Waals surface area contributed by atoms with Crippen LogP contribution in [0.3, 0.4) is 0 Å². The highest BCUT2D eigenvalue weighted by atomic mass is 32.2. The van der Waals surface area contributed by atoms with Gasteiger partial charge >= 0.3 is 0 Å². The number of guanidine groups is 1. The van der Waals surface area contributed by atoms with Crippen LogP contribution in [-0.2, 0) is 22.7 Å². The van der Waals surface area contributed by atoms with Crippen molar-refractivity contribution in [2.45, 2.75) is 51.1 Å². The van der Waals surface area contributed by atoms with Gasteiger partial charge in [0, 0.05) is 18.6 Å². The van der Waals surface area contributed by atoms with Crippen LogP contribution in [0.1, 0.15) is 37.3 Å². The van der Waals surface area contributed by atoms with E-state index in [1.807, 2.05) is 0 Å². The van der Waals surface area contributed by atoms with Gasteiger partial charge in [-0.2, -0.15) is 0 Å². The molecule has 0 spiro atoms. The van der Waals surface area contributed by atoms with E-state index in [-0.39, 0.29) is 5.92 Å². The van der Waals surface area contributed by atoms with E-state index in [4.69, 9.17) is 4.99 Å². The second-order valence-electron chi connectivity index (χ2n) is 8.27. The van der Waals surface area contributed by atoms with Crippen molar-refractivity contribution in [3.63, 3.8) is 0 Å². The lowest BCUT2D eigenvalue weighted by molar-refractivity contribution is 0.516. The fraction of sp³-hybridized carbons (Fsp3) is 0.650. The summed E-state index contributed by atoms with van der Waals surface area (Å²) in [5.74, 6) is 2.35. The molecular weight excluding hydrogens is 346 g/mol. The average molecular weight is 376 g/mol. The number of nitrogens with one attached hydrogen (secondary N) is 2. The zero-order chi connectivity index (χ0) is 18.1. The van der Waals surface area contributed by atoms with E-state index in [1.54, 1.807) is 0 Å². The topological polar surface area (TPSA) is 70.6 Å². The van der Waals surface area contributed by atoms with Crippen LogP contribution < -0.4 is 10.6 Å². The van der Waals surface area contributed by atoms with E-state index in [0.717, 1.165) is 31.6 Å². The van der Waals surface area contributed by atoms with E-state index in [0.29, 0.717) is 36.1 Å². The summed E-state index contributed by atoms with van der Waals surface area (Å²) in [6.07, 6.45) is 5.16. The van der Waals surface area contributed by atoms with Gasteiger partial charge in [0.2, 0.25) is 0 Å². The van der Waals surface area contributed by atoms with Crippen LogP contribution in [0.4, 0.5) is 0 Å². The first-order valence-electron chi connectivity index (χ1n) is 9.83. The average Bonchev–Trinajstić information content (AvgIpc) is 3.19. The molecule has 2 aliphatic carbocycles. The molecule has 1 saturated carbocycles. The lowest BCUT2D eigenvalue weighted by Gasteiger charge is -2.27. The van der Waals surface area contributed by atoms with Crippen LogP contribution in [0.25, 0.3) is 0 Å². The summed E-state index contributed by atoms with van der Waals surface area (Å²) in [7, 11) is -2.83. The number of hydrogen-bond donors (Lipinski definition) is 2. The third-order valence-corrected chi connectivity index (χ3v) is 7.79. The van der Waals surface area contributed by atoms with Crippen LogP contribution in [0.5, 0.6) is 0 Å². The van der Waals surface area contributed by atoms with Crippen molar-refractivity contribution in [1.82, 2.24) is 10.6 Å². The minimum atomic E-state index is -2.83. The molecule has 2 N–H and O–H groups in total. The van der Waals surface area contributed by atoms with Gasteiger partial charge in [-0.05, 0) is 55.1 Å². The van der Waals surface area contributed by atoms with Crippen molar-refractivity contribution in [2.24, 2.45) is 16.8 Å². The normalized spacial score (nSPS) is 32.7. The van der Waals surface area contributed by atoms with Crippen LogP contribution in [0.2, 0.25) is 0 Å². The van der Waals surface area contributed by atoms with Gasteiger partial charge in [-0.15, -0.1) is 0 Å². The van der Waals surface area contributed by atoms with Gasteiger partial charge in [0.05, 0.1) is 11.5 Å². The molecule has 0 amide bonds. The van der Waals surface area contributed by atoms with Crippen molar-refractivity contribution in [1.29, 1.82) is 0 Å². The number of fused-ring (bicyclic) bond motifs is 1. The van der Waals surface area contributed by atoms with Crippen molar-refractivity contribution in [3.05, 3.63) is 35.4 Å². The summed E-state index contributed by atoms with van der Waals surface area (Å²) >= 11 is 0. The van der Waals surface area contributed by atoms with Gasteiger partial charge in [-0.3, -0.25) is 4.99 Å². The molecule has 0 radical (unpaired) electrons. The quantitative estimate of drug-likeness (QED) is 0.623. The summed E-state index contributed by atoms with van der Waals surface area (Å²) in [5.41, 5.74) is 2.89. The number of sulfone groups is 1. The Morgan fingerprint density at radius 2 is 1.96 bits per heavy atom. The molecule has 5 nitrogen and oxygen atoms in total. The second kappa shape index (κ2) is 7.22. The van der Waals surface area contributed by atoms with Crippen molar-refractivity contribution < 1.29 is 8.42 Å². The lowest BCUT2D eigenvalue weighted by Crippen LogP contribution is -2.47. The molecule has 4 rings (SSSR count). The molecule has 6 heteroatoms. The Morgan fingerprint density at radius 3 is 2.65 bits per heavy atom. The second-order valence-corrected chi connectivity index (χ2v) is 10.5. The fourth-order valence-corrected chi connectivity index (χ4v) is 5.93. The molecule has 1 aromatic rings. The third-order valence-electron chi connectivity index (χ3n) is 5.95. The largest absolute Gasteiger partial charge is 0.353 e. The predicted octanol–water partition coefficient (Wildman–Crippen LogP) is 1.92. The highest BCUT2D eigenvalue weighted by Crippen LogP contribution is 2.29. The minimum Gasteiger partial charge on any atom is -0.353 e. The van der Waals surface area contributed by atoms with Gasteiger partial charge in [-0.25, -0.2) is 8.42 Å². The molecule has 3 aliphatic rings. The van der Waals surface area contributed by atoms with Crippen molar-refractivity contribution in [3.8, 4) is 0 Å². The Balaban J connectivity index is 1.40. The van der Waals surface area contributed by atoms with Crippen molar-refractivity contribution >= 4 is 15.8 Å². The van der Waals surface area contributed by atoms with Crippen LogP contribution >= 0.6 is 0 Å². The summed E-state index contributed by atoms with van der Waals surface area (Å²) in [6, 6.07) is 9.57. The van der Waals surface area contributed by atoms with Crippen LogP contribution in [-0.4, -0.2) is 44.5 Å². The molecular formula is C20H29N3O2S. The first-order chi connectivity index (χ1) is 12.5. The number of hydrogen-bond acceptors (Lipinski definition) is 3. The molecule has 1 aliphatic heterocycles. The van der Waals surface area contributed by atoms with E-state index >= 15 is 0 Å². The van der Waals surface area contributed by atoms with Crippen LogP contribution in [0.15, 0.2) is 29.3 Å². The molecule has 0 bridgehead atoms. The van der Waals surface area contributed by atoms with Gasteiger partial charge in [0.25, 0.3) is 0 Å². The molecule has 1 aromatic carbocycles. The number of aryl methyl sites for hydroxylation is 1. The predicted molar refractivity (Wildman–Crippen MR) is 105 cm³/mol. The molecule has 1 heterocycles. The van der Waals surface area contributed by atoms with Gasteiger partial charge in [0.1, 0.15) is 0 Å². The number of aliphatic imine (C=N–C) groups is 1. The lowest BCUT2D eigenvalue weighted by atomic mass is 9.88. The highest BCUT2D eigenvalue weighted by Gasteiger charge is 2.34. The first kappa shape index (κ1) is 17.8. The maximum atomic E-state index is 11.7. The zero-order valence-corrected chi connectivity index (χ0v) is 16.3. The Kier molecular flexibility index (Phi) is 4.95. The van der Waals surface area contributed by atoms with Gasteiger partial charge in [0.15, 0.2) is 15.8 Å². The molecule has 2 fully saturated rings. The number of benzene rings is 1. The highest BCUT2D eigenvalue weighted by molar-refractivity contribution is 7.91. The standard InChI is InChI=1S/C20H29N3O2S/c1-14-10-19(14)23-20(21-12-15-8-9-26(24,25)13-15)22-18-7-6-16-4-2-3-5-17(16)11-18/h2-5,14-15,18-19H,6-13H2,1H3,(H2,21,22,23). The zero-order valence-electron chi connectivity index (χ0n) is 15.4. The Morgan fingerprint density at radius 1 is 1.19 bits per heavy atom. The van der Waals surface area contributed by atoms with Crippen molar-refractivity contribution in [2.75, 3.05) is 18.1 Å². The minimum absolute atomic E-state index is 0.169. The monoisotopic (exact) mass is 375 g/mol. The number of rotatable bonds is 4. The fourth-order valence-electron chi connectivity index (χ4n) is 4.08. The molecule has 1 saturated heterocycles. The Labute approximate surface area is 156 Å². The van der Waals surface area contributed by atoms with Gasteiger partial charge < -0.3 is 10.6 Å². The Bertz CT molecular complexity index is 790. The van der Waals surface area contributed by atoms with E-state index < -0.39 is 9.84 Å². The van der Waals surface area contributed by atoms with Gasteiger partial charge in [-0.1, -0.05) is 31.2 Å².